The van der Waals surface area contributed by atoms with E-state index in [0.29, 0.717) is 55.0 Å². The zero-order valence-corrected chi connectivity index (χ0v) is 26.2. The van der Waals surface area contributed by atoms with Crippen molar-refractivity contribution in [3.8, 4) is 17.6 Å². The van der Waals surface area contributed by atoms with Crippen LogP contribution < -0.4 is 10.1 Å². The Labute approximate surface area is 260 Å². The van der Waals surface area contributed by atoms with Crippen molar-refractivity contribution < 1.29 is 32.1 Å². The number of nitrogens with zero attached hydrogens (tertiary/aromatic N) is 3. The molecular weight excluding hydrogens is 604 g/mol. The number of hydrogen-bond acceptors (Lipinski definition) is 7. The van der Waals surface area contributed by atoms with Gasteiger partial charge < -0.3 is 14.6 Å². The number of piperazine rings is 1. The molecule has 0 radical (unpaired) electrons. The first kappa shape index (κ1) is 32.4. The van der Waals surface area contributed by atoms with Gasteiger partial charge in [0.2, 0.25) is 0 Å². The van der Waals surface area contributed by atoms with Gasteiger partial charge in [-0.05, 0) is 61.7 Å². The minimum atomic E-state index is -4.60. The van der Waals surface area contributed by atoms with Crippen LogP contribution >= 0.6 is 7.14 Å². The van der Waals surface area contributed by atoms with Crippen molar-refractivity contribution in [2.24, 2.45) is 0 Å². The normalized spacial score (nSPS) is 15.9. The number of hydrogen-bond donors (Lipinski definition) is 1. The molecule has 2 aromatic carbocycles. The molecule has 0 atom stereocenters. The summed E-state index contributed by atoms with van der Waals surface area (Å²) in [6.45, 7) is 7.86. The van der Waals surface area contributed by atoms with Crippen LogP contribution in [0, 0.1) is 18.8 Å². The van der Waals surface area contributed by atoms with Gasteiger partial charge in [-0.2, -0.15) is 13.2 Å². The molecular formula is C33H34F3N4O4P. The van der Waals surface area contributed by atoms with Crippen LogP contribution in [0.1, 0.15) is 43.9 Å². The number of fused-ring (bicyclic) bond motifs is 1. The number of halogens is 3. The fourth-order valence-corrected chi connectivity index (χ4v) is 6.55. The lowest BCUT2D eigenvalue weighted by Gasteiger charge is -2.35. The molecule has 2 aliphatic rings. The molecule has 3 aromatic rings. The van der Waals surface area contributed by atoms with Crippen LogP contribution in [0.4, 0.5) is 18.9 Å². The number of pyridine rings is 1. The Bertz CT molecular complexity index is 1730. The molecule has 3 heterocycles. The summed E-state index contributed by atoms with van der Waals surface area (Å²) in [5.74, 6) is 5.94. The molecule has 1 saturated heterocycles. The van der Waals surface area contributed by atoms with Crippen molar-refractivity contribution in [3.05, 3.63) is 87.7 Å². The van der Waals surface area contributed by atoms with Gasteiger partial charge in [0.05, 0.1) is 31.1 Å². The maximum atomic E-state index is 14.1. The van der Waals surface area contributed by atoms with Crippen molar-refractivity contribution in [2.75, 3.05) is 57.7 Å². The van der Waals surface area contributed by atoms with E-state index in [1.54, 1.807) is 43.8 Å². The van der Waals surface area contributed by atoms with E-state index in [4.69, 9.17) is 4.74 Å². The number of aryl methyl sites for hydroxylation is 1. The minimum absolute atomic E-state index is 0.00370. The van der Waals surface area contributed by atoms with Gasteiger partial charge in [-0.25, -0.2) is 0 Å². The van der Waals surface area contributed by atoms with Crippen LogP contribution in [0.3, 0.4) is 0 Å². The molecule has 1 N–H and O–H groups in total. The Morgan fingerprint density at radius 2 is 1.78 bits per heavy atom. The van der Waals surface area contributed by atoms with E-state index in [9.17, 15) is 27.3 Å². The van der Waals surface area contributed by atoms with Crippen LogP contribution in [0.5, 0.6) is 5.75 Å². The third-order valence-electron chi connectivity index (χ3n) is 7.60. The zero-order chi connectivity index (χ0) is 32.4. The van der Waals surface area contributed by atoms with E-state index in [0.717, 1.165) is 11.6 Å². The maximum Gasteiger partial charge on any atom is 0.416 e. The minimum Gasteiger partial charge on any atom is -0.484 e. The Hall–Kier alpha value is -3.97. The highest BCUT2D eigenvalue weighted by atomic mass is 31.2. The van der Waals surface area contributed by atoms with Gasteiger partial charge in [-0.15, -0.1) is 0 Å². The first-order chi connectivity index (χ1) is 21.2. The third kappa shape index (κ3) is 8.60. The van der Waals surface area contributed by atoms with Gasteiger partial charge in [-0.3, -0.25) is 24.4 Å². The van der Waals surface area contributed by atoms with Crippen LogP contribution in [-0.4, -0.2) is 78.9 Å². The maximum absolute atomic E-state index is 14.1. The van der Waals surface area contributed by atoms with Gasteiger partial charge >= 0.3 is 6.18 Å². The van der Waals surface area contributed by atoms with Gasteiger partial charge in [0.1, 0.15) is 12.4 Å². The summed E-state index contributed by atoms with van der Waals surface area (Å²) in [7, 11) is -2.21. The lowest BCUT2D eigenvalue weighted by atomic mass is 10.0. The molecule has 45 heavy (non-hydrogen) atoms. The van der Waals surface area contributed by atoms with Crippen molar-refractivity contribution in [1.29, 1.82) is 0 Å². The monoisotopic (exact) mass is 638 g/mol. The summed E-state index contributed by atoms with van der Waals surface area (Å²) in [5, 5.41) is 2.60. The Kier molecular flexibility index (Phi) is 9.49. The summed E-state index contributed by atoms with van der Waals surface area (Å²) in [6, 6.07) is 10.5. The number of carbonyl (C=O) groups excluding carboxylic acids is 2. The molecule has 0 aliphatic carbocycles. The first-order valence-corrected chi connectivity index (χ1v) is 17.3. The van der Waals surface area contributed by atoms with Gasteiger partial charge in [0, 0.05) is 61.3 Å². The Morgan fingerprint density at radius 3 is 2.49 bits per heavy atom. The topological polar surface area (TPSA) is 91.8 Å². The van der Waals surface area contributed by atoms with Crippen molar-refractivity contribution in [2.45, 2.75) is 26.1 Å². The summed E-state index contributed by atoms with van der Waals surface area (Å²) >= 11 is 0. The summed E-state index contributed by atoms with van der Waals surface area (Å²) < 4.78 is 59.9. The van der Waals surface area contributed by atoms with Crippen molar-refractivity contribution in [1.82, 2.24) is 14.8 Å². The summed E-state index contributed by atoms with van der Waals surface area (Å²) in [5.41, 5.74) is 2.14. The van der Waals surface area contributed by atoms with Crippen LogP contribution in [0.2, 0.25) is 0 Å². The molecule has 0 saturated carbocycles. The average Bonchev–Trinajstić information content (AvgIpc) is 2.97. The number of aromatic nitrogens is 1. The van der Waals surface area contributed by atoms with Crippen LogP contribution in [-0.2, 0) is 28.5 Å². The van der Waals surface area contributed by atoms with E-state index in [2.05, 4.69) is 27.0 Å². The van der Waals surface area contributed by atoms with Crippen molar-refractivity contribution in [3.63, 3.8) is 0 Å². The predicted molar refractivity (Wildman–Crippen MR) is 166 cm³/mol. The number of amides is 1. The number of ketones is 1. The molecule has 1 amide bonds. The molecule has 236 valence electrons. The molecule has 0 bridgehead atoms. The second kappa shape index (κ2) is 13.2. The van der Waals surface area contributed by atoms with Crippen LogP contribution in [0.25, 0.3) is 0 Å². The predicted octanol–water partition coefficient (Wildman–Crippen LogP) is 5.26. The highest BCUT2D eigenvalue weighted by Crippen LogP contribution is 2.37. The summed E-state index contributed by atoms with van der Waals surface area (Å²) in [4.78, 5) is 33.0. The first-order valence-electron chi connectivity index (χ1n) is 14.5. The highest BCUT2D eigenvalue weighted by Gasteiger charge is 2.34. The highest BCUT2D eigenvalue weighted by molar-refractivity contribution is 7.62. The molecule has 2 aliphatic heterocycles. The Balaban J connectivity index is 1.28. The van der Waals surface area contributed by atoms with Gasteiger partial charge in [0.25, 0.3) is 5.91 Å². The number of carbonyl (C=O) groups is 2. The summed E-state index contributed by atoms with van der Waals surface area (Å²) in [6.07, 6.45) is -2.33. The molecule has 0 unspecified atom stereocenters. The molecule has 1 fully saturated rings. The van der Waals surface area contributed by atoms with E-state index in [1.165, 1.54) is 12.1 Å². The average molecular weight is 639 g/mol. The third-order valence-corrected chi connectivity index (χ3v) is 8.68. The lowest BCUT2D eigenvalue weighted by Crippen LogP contribution is -2.46. The number of nitrogens with one attached hydrogen (secondary N) is 1. The smallest absolute Gasteiger partial charge is 0.416 e. The lowest BCUT2D eigenvalue weighted by molar-refractivity contribution is -0.138. The van der Waals surface area contributed by atoms with Gasteiger partial charge in [0.15, 0.2) is 5.78 Å². The molecule has 12 heteroatoms. The number of rotatable bonds is 6. The standard InChI is InChI=1S/C33H34F3N4O4P/c1-22-4-6-25(15-24(22)7-5-23-14-31-30(37-18-23)17-28(41)20-44-31)32(42)38-27-9-8-26(29(16-27)33(34,35)36)19-39-10-12-40(13-11-39)21-45(2,3)43/h4,6,8-9,14-16,18H,10-13,17,19-21H2,1-3H3,(H,38,42). The largest absolute Gasteiger partial charge is 0.484 e. The Morgan fingerprint density at radius 1 is 1.04 bits per heavy atom. The van der Waals surface area contributed by atoms with E-state index >= 15 is 0 Å². The number of Topliss-reactive ketones (excluding diaryl/α,β-unsaturated/α-hetero) is 1. The SMILES string of the molecule is Cc1ccc(C(=O)Nc2ccc(CN3CCN(CP(C)(C)=O)CC3)c(C(F)(F)F)c2)cc1C#Cc1cnc2c(c1)OCC(=O)C2. The molecule has 0 spiro atoms. The number of ether oxygens (including phenoxy) is 1. The fourth-order valence-electron chi connectivity index (χ4n) is 5.30. The van der Waals surface area contributed by atoms with Gasteiger partial charge in [-0.1, -0.05) is 24.0 Å². The zero-order valence-electron chi connectivity index (χ0n) is 25.3. The number of alkyl halides is 3. The fraction of sp³-hybridized carbons (Fsp3) is 0.364. The number of anilines is 1. The van der Waals surface area contributed by atoms with E-state index < -0.39 is 24.8 Å². The second-order valence-electron chi connectivity index (χ2n) is 11.9. The molecule has 8 nitrogen and oxygen atoms in total. The van der Waals surface area contributed by atoms with Crippen molar-refractivity contribution >= 4 is 24.5 Å². The van der Waals surface area contributed by atoms with Crippen LogP contribution in [0.15, 0.2) is 48.7 Å². The van der Waals surface area contributed by atoms with E-state index in [1.807, 2.05) is 11.8 Å². The molecule has 1 aromatic heterocycles. The number of benzene rings is 2. The second-order valence-corrected chi connectivity index (χ2v) is 15.3. The quantitative estimate of drug-likeness (QED) is 0.291. The molecule has 5 rings (SSSR count). The van der Waals surface area contributed by atoms with E-state index in [-0.39, 0.29) is 42.2 Å².